The summed E-state index contributed by atoms with van der Waals surface area (Å²) in [5, 5.41) is 0. The fourth-order valence-electron chi connectivity index (χ4n) is 4.65. The molecule has 0 saturated carbocycles. The van der Waals surface area contributed by atoms with E-state index in [0.29, 0.717) is 72.4 Å². The summed E-state index contributed by atoms with van der Waals surface area (Å²) in [6.45, 7) is 12.8. The molecule has 10 heteroatoms. The van der Waals surface area contributed by atoms with Gasteiger partial charge in [-0.25, -0.2) is 19.2 Å². The Balaban J connectivity index is 1.34. The number of ether oxygens (including phenoxy) is 6. The van der Waals surface area contributed by atoms with Gasteiger partial charge in [-0.3, -0.25) is 0 Å². The van der Waals surface area contributed by atoms with Gasteiger partial charge in [0.05, 0.1) is 37.6 Å². The number of carbonyl (C=O) groups excluding carboxylic acids is 4. The third-order valence-electron chi connectivity index (χ3n) is 7.69. The molecule has 0 heterocycles. The summed E-state index contributed by atoms with van der Waals surface area (Å²) in [5.74, 6) is 0.815. The Hall–Kier alpha value is -5.38. The van der Waals surface area contributed by atoms with E-state index < -0.39 is 23.9 Å². The number of rotatable bonds is 22. The Morgan fingerprint density at radius 1 is 0.520 bits per heavy atom. The Labute approximate surface area is 294 Å². The molecule has 0 amide bonds. The van der Waals surface area contributed by atoms with Gasteiger partial charge >= 0.3 is 23.9 Å². The SMILES string of the molecule is C=CC(=O)OCCCC(C)CCOc1ccc(C(=O)Oc2ccc(OC(=O)c3ccc(OCCC(C)CCCOC(=O)C=C)cc3)cc2)cc1. The lowest BCUT2D eigenvalue weighted by Crippen LogP contribution is -2.10. The van der Waals surface area contributed by atoms with Gasteiger partial charge in [-0.15, -0.1) is 0 Å². The molecular formula is C40H46O10. The summed E-state index contributed by atoms with van der Waals surface area (Å²) in [4.78, 5) is 47.5. The largest absolute Gasteiger partial charge is 0.494 e. The zero-order chi connectivity index (χ0) is 36.1. The van der Waals surface area contributed by atoms with Crippen LogP contribution in [0.5, 0.6) is 23.0 Å². The van der Waals surface area contributed by atoms with Crippen LogP contribution >= 0.6 is 0 Å². The highest BCUT2D eigenvalue weighted by Crippen LogP contribution is 2.22. The van der Waals surface area contributed by atoms with Gasteiger partial charge in [0.15, 0.2) is 0 Å². The maximum atomic E-state index is 12.7. The molecule has 50 heavy (non-hydrogen) atoms. The summed E-state index contributed by atoms with van der Waals surface area (Å²) in [7, 11) is 0. The normalized spacial score (nSPS) is 11.7. The summed E-state index contributed by atoms with van der Waals surface area (Å²) in [6.07, 6.45) is 7.37. The number of carbonyl (C=O) groups is 4. The van der Waals surface area contributed by atoms with Crippen molar-refractivity contribution in [1.29, 1.82) is 0 Å². The van der Waals surface area contributed by atoms with Crippen molar-refractivity contribution < 1.29 is 47.6 Å². The molecule has 3 rings (SSSR count). The number of esters is 4. The van der Waals surface area contributed by atoms with E-state index in [0.717, 1.165) is 50.7 Å². The summed E-state index contributed by atoms with van der Waals surface area (Å²) < 4.78 is 32.5. The van der Waals surface area contributed by atoms with Crippen LogP contribution < -0.4 is 18.9 Å². The highest BCUT2D eigenvalue weighted by Gasteiger charge is 2.13. The minimum Gasteiger partial charge on any atom is -0.494 e. The van der Waals surface area contributed by atoms with Crippen molar-refractivity contribution in [3.63, 3.8) is 0 Å². The van der Waals surface area contributed by atoms with Gasteiger partial charge < -0.3 is 28.4 Å². The first-order chi connectivity index (χ1) is 24.2. The van der Waals surface area contributed by atoms with E-state index >= 15 is 0 Å². The second-order valence-corrected chi connectivity index (χ2v) is 11.8. The van der Waals surface area contributed by atoms with Crippen LogP contribution in [0.25, 0.3) is 0 Å². The van der Waals surface area contributed by atoms with Crippen molar-refractivity contribution in [2.45, 2.75) is 52.4 Å². The highest BCUT2D eigenvalue weighted by atomic mass is 16.5. The molecule has 0 N–H and O–H groups in total. The molecule has 3 aromatic carbocycles. The van der Waals surface area contributed by atoms with Crippen LogP contribution in [0, 0.1) is 11.8 Å². The molecule has 2 atom stereocenters. The second kappa shape index (κ2) is 21.6. The summed E-state index contributed by atoms with van der Waals surface area (Å²) in [6, 6.07) is 19.6. The van der Waals surface area contributed by atoms with Crippen molar-refractivity contribution >= 4 is 23.9 Å². The molecule has 0 bridgehead atoms. The van der Waals surface area contributed by atoms with Crippen LogP contribution in [-0.2, 0) is 19.1 Å². The topological polar surface area (TPSA) is 124 Å². The van der Waals surface area contributed by atoms with Crippen LogP contribution in [0.3, 0.4) is 0 Å². The smallest absolute Gasteiger partial charge is 0.343 e. The van der Waals surface area contributed by atoms with Gasteiger partial charge in [0.1, 0.15) is 23.0 Å². The third-order valence-corrected chi connectivity index (χ3v) is 7.69. The van der Waals surface area contributed by atoms with Crippen LogP contribution in [0.4, 0.5) is 0 Å². The molecule has 10 nitrogen and oxygen atoms in total. The van der Waals surface area contributed by atoms with Crippen LogP contribution in [-0.4, -0.2) is 50.3 Å². The van der Waals surface area contributed by atoms with E-state index in [4.69, 9.17) is 28.4 Å². The molecule has 0 radical (unpaired) electrons. The number of benzene rings is 3. The van der Waals surface area contributed by atoms with Gasteiger partial charge in [-0.05, 0) is 123 Å². The van der Waals surface area contributed by atoms with E-state index in [9.17, 15) is 19.2 Å². The summed E-state index contributed by atoms with van der Waals surface area (Å²) in [5.41, 5.74) is 0.724. The van der Waals surface area contributed by atoms with Gasteiger partial charge in [-0.2, -0.15) is 0 Å². The molecule has 0 aromatic heterocycles. The first-order valence-corrected chi connectivity index (χ1v) is 16.7. The van der Waals surface area contributed by atoms with Gasteiger partial charge in [0, 0.05) is 12.2 Å². The Kier molecular flexibility index (Phi) is 16.8. The minimum absolute atomic E-state index is 0.301. The maximum absolute atomic E-state index is 12.7. The Morgan fingerprint density at radius 3 is 1.20 bits per heavy atom. The number of hydrogen-bond acceptors (Lipinski definition) is 10. The van der Waals surface area contributed by atoms with Crippen molar-refractivity contribution in [3.8, 4) is 23.0 Å². The van der Waals surface area contributed by atoms with E-state index in [1.807, 2.05) is 0 Å². The maximum Gasteiger partial charge on any atom is 0.343 e. The first-order valence-electron chi connectivity index (χ1n) is 16.7. The van der Waals surface area contributed by atoms with E-state index in [1.165, 1.54) is 0 Å². The fraction of sp³-hybridized carbons (Fsp3) is 0.350. The van der Waals surface area contributed by atoms with Crippen LogP contribution in [0.1, 0.15) is 73.1 Å². The molecule has 2 unspecified atom stereocenters. The first kappa shape index (κ1) is 39.1. The molecule has 0 aliphatic carbocycles. The standard InChI is InChI=1S/C40H46O10/c1-5-37(41)47-25-7-9-29(3)23-27-45-33-15-11-31(12-16-33)39(43)49-35-19-21-36(22-20-35)50-40(44)32-13-17-34(18-14-32)46-28-24-30(4)10-8-26-48-38(42)6-2/h5-6,11-22,29-30H,1-2,7-10,23-28H2,3-4H3. The average molecular weight is 687 g/mol. The molecule has 0 aliphatic rings. The molecular weight excluding hydrogens is 640 g/mol. The van der Waals surface area contributed by atoms with E-state index in [2.05, 4.69) is 27.0 Å². The van der Waals surface area contributed by atoms with E-state index in [-0.39, 0.29) is 0 Å². The zero-order valence-corrected chi connectivity index (χ0v) is 28.8. The van der Waals surface area contributed by atoms with Crippen molar-refractivity contribution in [1.82, 2.24) is 0 Å². The molecule has 266 valence electrons. The summed E-state index contributed by atoms with van der Waals surface area (Å²) >= 11 is 0. The second-order valence-electron chi connectivity index (χ2n) is 11.8. The van der Waals surface area contributed by atoms with Gasteiger partial charge in [0.2, 0.25) is 0 Å². The quantitative estimate of drug-likeness (QED) is 0.0445. The van der Waals surface area contributed by atoms with Crippen molar-refractivity contribution in [2.75, 3.05) is 26.4 Å². The fourth-order valence-corrected chi connectivity index (χ4v) is 4.65. The average Bonchev–Trinajstić information content (AvgIpc) is 3.13. The minimum atomic E-state index is -0.532. The lowest BCUT2D eigenvalue weighted by molar-refractivity contribution is -0.138. The lowest BCUT2D eigenvalue weighted by Gasteiger charge is -2.13. The van der Waals surface area contributed by atoms with E-state index in [1.54, 1.807) is 72.8 Å². The van der Waals surface area contributed by atoms with Gasteiger partial charge in [0.25, 0.3) is 0 Å². The Morgan fingerprint density at radius 2 is 0.860 bits per heavy atom. The predicted octanol–water partition coefficient (Wildman–Crippen LogP) is 7.95. The Bertz CT molecular complexity index is 1410. The predicted molar refractivity (Wildman–Crippen MR) is 189 cm³/mol. The molecule has 0 aliphatic heterocycles. The monoisotopic (exact) mass is 686 g/mol. The van der Waals surface area contributed by atoms with Crippen LogP contribution in [0.2, 0.25) is 0 Å². The molecule has 0 spiro atoms. The zero-order valence-electron chi connectivity index (χ0n) is 28.8. The van der Waals surface area contributed by atoms with Gasteiger partial charge in [-0.1, -0.05) is 27.0 Å². The molecule has 3 aromatic rings. The van der Waals surface area contributed by atoms with Crippen molar-refractivity contribution in [2.24, 2.45) is 11.8 Å². The molecule has 0 fully saturated rings. The lowest BCUT2D eigenvalue weighted by atomic mass is 10.0. The third kappa shape index (κ3) is 14.8. The molecule has 0 saturated heterocycles. The van der Waals surface area contributed by atoms with Crippen molar-refractivity contribution in [3.05, 3.63) is 109 Å². The highest BCUT2D eigenvalue weighted by molar-refractivity contribution is 5.92. The number of hydrogen-bond donors (Lipinski definition) is 0. The van der Waals surface area contributed by atoms with Crippen LogP contribution in [0.15, 0.2) is 98.1 Å².